The van der Waals surface area contributed by atoms with Crippen LogP contribution in [0.3, 0.4) is 0 Å². The molecule has 2 amide bonds. The molecule has 1 saturated heterocycles. The number of morpholine rings is 1. The summed E-state index contributed by atoms with van der Waals surface area (Å²) in [6.45, 7) is 6.91. The Morgan fingerprint density at radius 1 is 0.943 bits per heavy atom. The Bertz CT molecular complexity index is 1280. The van der Waals surface area contributed by atoms with Gasteiger partial charge in [0, 0.05) is 29.5 Å². The van der Waals surface area contributed by atoms with Crippen LogP contribution >= 0.6 is 11.6 Å². The van der Waals surface area contributed by atoms with Crippen molar-refractivity contribution >= 4 is 51.9 Å². The number of nitrogens with zero attached hydrogens (tertiary/aromatic N) is 1. The van der Waals surface area contributed by atoms with E-state index in [1.54, 1.807) is 18.2 Å². The highest BCUT2D eigenvalue weighted by Gasteiger charge is 2.31. The van der Waals surface area contributed by atoms with Crippen molar-refractivity contribution in [3.8, 4) is 0 Å². The first-order valence-corrected chi connectivity index (χ1v) is 12.0. The Morgan fingerprint density at radius 2 is 1.69 bits per heavy atom. The number of carbonyl (C=O) groups excluding carboxylic acids is 2. The van der Waals surface area contributed by atoms with Crippen LogP contribution in [0.1, 0.15) is 29.8 Å². The van der Waals surface area contributed by atoms with E-state index in [1.165, 1.54) is 0 Å². The number of rotatable bonds is 4. The molecule has 0 saturated carbocycles. The third-order valence-electron chi connectivity index (χ3n) is 6.55. The molecular weight excluding hydrogens is 464 g/mol. The van der Waals surface area contributed by atoms with E-state index < -0.39 is 5.41 Å². The Balaban J connectivity index is 1.34. The number of nitrogens with one attached hydrogen (secondary N) is 3. The number of benzene rings is 3. The Morgan fingerprint density at radius 3 is 2.43 bits per heavy atom. The lowest BCUT2D eigenvalue weighted by molar-refractivity contribution is -0.120. The fraction of sp³-hybridized carbons (Fsp3) is 0.259. The van der Waals surface area contributed by atoms with Crippen LogP contribution in [-0.2, 0) is 14.9 Å². The van der Waals surface area contributed by atoms with Crippen LogP contribution in [0.4, 0.5) is 28.4 Å². The van der Waals surface area contributed by atoms with Gasteiger partial charge in [0.05, 0.1) is 41.3 Å². The van der Waals surface area contributed by atoms with Crippen LogP contribution in [0.2, 0.25) is 5.02 Å². The average Bonchev–Trinajstić information content (AvgIpc) is 2.99. The minimum absolute atomic E-state index is 0.139. The van der Waals surface area contributed by atoms with Crippen LogP contribution in [0, 0.1) is 0 Å². The number of fused-ring (bicyclic) bond motifs is 2. The summed E-state index contributed by atoms with van der Waals surface area (Å²) in [7, 11) is 0. The van der Waals surface area contributed by atoms with Crippen molar-refractivity contribution in [2.45, 2.75) is 19.3 Å². The first kappa shape index (κ1) is 23.2. The topological polar surface area (TPSA) is 82.7 Å². The smallest absolute Gasteiger partial charge is 0.257 e. The Hall–Kier alpha value is -3.55. The first-order valence-electron chi connectivity index (χ1n) is 11.6. The fourth-order valence-corrected chi connectivity index (χ4v) is 4.47. The monoisotopic (exact) mass is 490 g/mol. The SMILES string of the molecule is CC(C)(C(=O)Nc1ccc(N2CCOCC2)cc1)c1ccc2c(c1)NC(=O)c1ccc(Cl)cc1N2. The zero-order valence-electron chi connectivity index (χ0n) is 19.7. The van der Waals surface area contributed by atoms with Crippen molar-refractivity contribution in [1.82, 2.24) is 0 Å². The number of hydrogen-bond acceptors (Lipinski definition) is 5. The third kappa shape index (κ3) is 4.70. The van der Waals surface area contributed by atoms with Crippen molar-refractivity contribution < 1.29 is 14.3 Å². The zero-order chi connectivity index (χ0) is 24.6. The molecule has 0 spiro atoms. The summed E-state index contributed by atoms with van der Waals surface area (Å²) >= 11 is 6.12. The lowest BCUT2D eigenvalue weighted by atomic mass is 9.83. The lowest BCUT2D eigenvalue weighted by Gasteiger charge is -2.29. The van der Waals surface area contributed by atoms with Gasteiger partial charge in [0.2, 0.25) is 5.91 Å². The molecule has 0 unspecified atom stereocenters. The highest BCUT2D eigenvalue weighted by atomic mass is 35.5. The maximum absolute atomic E-state index is 13.3. The molecular formula is C27H27ClN4O3. The lowest BCUT2D eigenvalue weighted by Crippen LogP contribution is -2.36. The van der Waals surface area contributed by atoms with Crippen LogP contribution in [-0.4, -0.2) is 38.1 Å². The summed E-state index contributed by atoms with van der Waals surface area (Å²) < 4.78 is 5.41. The third-order valence-corrected chi connectivity index (χ3v) is 6.79. The molecule has 8 heteroatoms. The summed E-state index contributed by atoms with van der Waals surface area (Å²) in [4.78, 5) is 28.3. The maximum Gasteiger partial charge on any atom is 0.257 e. The molecule has 3 N–H and O–H groups in total. The summed E-state index contributed by atoms with van der Waals surface area (Å²) in [6.07, 6.45) is 0. The largest absolute Gasteiger partial charge is 0.378 e. The number of ether oxygens (including phenoxy) is 1. The van der Waals surface area contributed by atoms with Gasteiger partial charge in [-0.2, -0.15) is 0 Å². The van der Waals surface area contributed by atoms with Gasteiger partial charge in [0.15, 0.2) is 0 Å². The molecule has 3 aromatic rings. The van der Waals surface area contributed by atoms with Gasteiger partial charge in [0.1, 0.15) is 0 Å². The van der Waals surface area contributed by atoms with E-state index in [9.17, 15) is 9.59 Å². The molecule has 180 valence electrons. The van der Waals surface area contributed by atoms with Crippen molar-refractivity contribution in [2.75, 3.05) is 47.2 Å². The van der Waals surface area contributed by atoms with Gasteiger partial charge in [-0.05, 0) is 74.0 Å². The number of carbonyl (C=O) groups is 2. The predicted molar refractivity (Wildman–Crippen MR) is 140 cm³/mol. The van der Waals surface area contributed by atoms with Crippen molar-refractivity contribution in [3.05, 3.63) is 76.8 Å². The molecule has 3 aromatic carbocycles. The van der Waals surface area contributed by atoms with Gasteiger partial charge in [-0.15, -0.1) is 0 Å². The fourth-order valence-electron chi connectivity index (χ4n) is 4.29. The van der Waals surface area contributed by atoms with Gasteiger partial charge >= 0.3 is 0 Å². The second-order valence-corrected chi connectivity index (χ2v) is 9.69. The van der Waals surface area contributed by atoms with Crippen LogP contribution in [0.15, 0.2) is 60.7 Å². The van der Waals surface area contributed by atoms with E-state index in [0.717, 1.165) is 48.9 Å². The Labute approximate surface area is 209 Å². The summed E-state index contributed by atoms with van der Waals surface area (Å²) in [5.41, 5.74) is 4.27. The molecule has 2 aliphatic heterocycles. The van der Waals surface area contributed by atoms with Crippen LogP contribution < -0.4 is 20.9 Å². The highest BCUT2D eigenvalue weighted by molar-refractivity contribution is 6.31. The molecule has 0 aromatic heterocycles. The van der Waals surface area contributed by atoms with Crippen molar-refractivity contribution in [3.63, 3.8) is 0 Å². The quantitative estimate of drug-likeness (QED) is 0.456. The number of halogens is 1. The van der Waals surface area contributed by atoms with E-state index in [-0.39, 0.29) is 11.8 Å². The standard InChI is InChI=1S/C27H27ClN4O3/c1-27(2,26(34)29-19-5-7-20(8-6-19)32-11-13-35-14-12-32)17-3-10-22-24(15-17)31-25(33)21-9-4-18(28)16-23(21)30-22/h3-10,15-16,30H,11-14H2,1-2H3,(H,29,34)(H,31,33). The number of anilines is 5. The molecule has 0 bridgehead atoms. The van der Waals surface area contributed by atoms with E-state index in [0.29, 0.717) is 22.0 Å². The molecule has 7 nitrogen and oxygen atoms in total. The predicted octanol–water partition coefficient (Wildman–Crippen LogP) is 5.40. The van der Waals surface area contributed by atoms with Crippen LogP contribution in [0.25, 0.3) is 0 Å². The van der Waals surface area contributed by atoms with Gasteiger partial charge in [-0.1, -0.05) is 17.7 Å². The minimum atomic E-state index is -0.842. The van der Waals surface area contributed by atoms with Crippen molar-refractivity contribution in [2.24, 2.45) is 0 Å². The van der Waals surface area contributed by atoms with Gasteiger partial charge in [-0.3, -0.25) is 9.59 Å². The van der Waals surface area contributed by atoms with Gasteiger partial charge in [-0.25, -0.2) is 0 Å². The normalized spacial score (nSPS) is 15.3. The van der Waals surface area contributed by atoms with Crippen molar-refractivity contribution in [1.29, 1.82) is 0 Å². The molecule has 0 atom stereocenters. The summed E-state index contributed by atoms with van der Waals surface area (Å²) in [5.74, 6) is -0.373. The molecule has 0 aliphatic carbocycles. The molecule has 2 aliphatic rings. The Kier molecular flexibility index (Phi) is 6.13. The minimum Gasteiger partial charge on any atom is -0.378 e. The second kappa shape index (κ2) is 9.24. The summed E-state index contributed by atoms with van der Waals surface area (Å²) in [5, 5.41) is 9.80. The maximum atomic E-state index is 13.3. The highest BCUT2D eigenvalue weighted by Crippen LogP contribution is 2.37. The molecule has 2 heterocycles. The van der Waals surface area contributed by atoms with E-state index >= 15 is 0 Å². The number of amides is 2. The van der Waals surface area contributed by atoms with E-state index in [2.05, 4.69) is 20.9 Å². The molecule has 35 heavy (non-hydrogen) atoms. The van der Waals surface area contributed by atoms with Gasteiger partial charge in [0.25, 0.3) is 5.91 Å². The summed E-state index contributed by atoms with van der Waals surface area (Å²) in [6, 6.07) is 18.6. The van der Waals surface area contributed by atoms with E-state index in [4.69, 9.17) is 16.3 Å². The number of hydrogen-bond donors (Lipinski definition) is 3. The van der Waals surface area contributed by atoms with Gasteiger partial charge < -0.3 is 25.6 Å². The average molecular weight is 491 g/mol. The van der Waals surface area contributed by atoms with E-state index in [1.807, 2.05) is 56.3 Å². The first-order chi connectivity index (χ1) is 16.8. The molecule has 5 rings (SSSR count). The van der Waals surface area contributed by atoms with Crippen LogP contribution in [0.5, 0.6) is 0 Å². The second-order valence-electron chi connectivity index (χ2n) is 9.25. The molecule has 1 fully saturated rings. The molecule has 0 radical (unpaired) electrons. The zero-order valence-corrected chi connectivity index (χ0v) is 20.4.